The maximum Gasteiger partial charge on any atom is 0.0674 e. The fourth-order valence-electron chi connectivity index (χ4n) is 1.74. The molecule has 0 amide bonds. The third kappa shape index (κ3) is 2.86. The summed E-state index contributed by atoms with van der Waals surface area (Å²) in [6, 6.07) is 5.63. The first-order valence-electron chi connectivity index (χ1n) is 5.82. The maximum atomic E-state index is 6.14. The lowest BCUT2D eigenvalue weighted by atomic mass is 10.1. The van der Waals surface area contributed by atoms with E-state index in [9.17, 15) is 0 Å². The second-order valence-electron chi connectivity index (χ2n) is 4.20. The summed E-state index contributed by atoms with van der Waals surface area (Å²) in [5.41, 5.74) is 7.94. The predicted octanol–water partition coefficient (Wildman–Crippen LogP) is 3.65. The Morgan fingerprint density at radius 2 is 2.17 bits per heavy atom. The molecule has 0 aliphatic carbocycles. The number of hydrogen-bond donors (Lipinski definition) is 1. The maximum absolute atomic E-state index is 6.14. The first-order chi connectivity index (χ1) is 8.61. The fourth-order valence-corrected chi connectivity index (χ4v) is 2.12. The van der Waals surface area contributed by atoms with Crippen LogP contribution in [0, 0.1) is 0 Å². The van der Waals surface area contributed by atoms with Crippen molar-refractivity contribution in [1.29, 1.82) is 0 Å². The molecule has 5 heteroatoms. The highest BCUT2D eigenvalue weighted by Crippen LogP contribution is 2.26. The molecule has 3 nitrogen and oxygen atoms in total. The van der Waals surface area contributed by atoms with Crippen molar-refractivity contribution in [2.75, 3.05) is 0 Å². The number of hydrogen-bond acceptors (Lipinski definition) is 2. The van der Waals surface area contributed by atoms with Crippen molar-refractivity contribution < 1.29 is 0 Å². The van der Waals surface area contributed by atoms with Gasteiger partial charge >= 0.3 is 0 Å². The number of halogens is 2. The summed E-state index contributed by atoms with van der Waals surface area (Å²) in [5, 5.41) is 5.43. The van der Waals surface area contributed by atoms with E-state index in [-0.39, 0.29) is 6.04 Å². The molecule has 0 bridgehead atoms. The molecule has 18 heavy (non-hydrogen) atoms. The van der Waals surface area contributed by atoms with Crippen molar-refractivity contribution in [2.45, 2.75) is 25.9 Å². The second-order valence-corrected chi connectivity index (χ2v) is 4.98. The Hall–Kier alpha value is -1.03. The molecule has 2 aromatic rings. The van der Waals surface area contributed by atoms with Crippen LogP contribution in [0.25, 0.3) is 0 Å². The smallest absolute Gasteiger partial charge is 0.0674 e. The lowest BCUT2D eigenvalue weighted by molar-refractivity contribution is 0.675. The molecular weight excluding hydrogens is 269 g/mol. The van der Waals surface area contributed by atoms with Gasteiger partial charge in [-0.15, -0.1) is 0 Å². The molecule has 2 rings (SSSR count). The van der Waals surface area contributed by atoms with Crippen LogP contribution in [0.3, 0.4) is 0 Å². The zero-order valence-corrected chi connectivity index (χ0v) is 11.6. The molecule has 0 aliphatic rings. The summed E-state index contributed by atoms with van der Waals surface area (Å²) in [6.07, 6.45) is 4.64. The molecule has 0 saturated heterocycles. The average Bonchev–Trinajstić information content (AvgIpc) is 2.82. The molecule has 1 atom stereocenters. The van der Waals surface area contributed by atoms with Crippen molar-refractivity contribution in [3.63, 3.8) is 0 Å². The third-order valence-electron chi connectivity index (χ3n) is 2.89. The molecule has 0 fully saturated rings. The Morgan fingerprint density at radius 3 is 2.89 bits per heavy atom. The quantitative estimate of drug-likeness (QED) is 0.931. The summed E-state index contributed by atoms with van der Waals surface area (Å²) in [5.74, 6) is 0. The number of aromatic nitrogens is 2. The summed E-state index contributed by atoms with van der Waals surface area (Å²) in [4.78, 5) is 0. The van der Waals surface area contributed by atoms with E-state index in [1.165, 1.54) is 0 Å². The number of nitrogens with zero attached hydrogens (tertiary/aromatic N) is 2. The van der Waals surface area contributed by atoms with Gasteiger partial charge in [0.1, 0.15) is 0 Å². The summed E-state index contributed by atoms with van der Waals surface area (Å²) >= 11 is 12.1. The van der Waals surface area contributed by atoms with Crippen LogP contribution in [-0.4, -0.2) is 9.78 Å². The van der Waals surface area contributed by atoms with Gasteiger partial charge in [-0.25, -0.2) is 0 Å². The zero-order chi connectivity index (χ0) is 13.1. The third-order valence-corrected chi connectivity index (χ3v) is 3.74. The van der Waals surface area contributed by atoms with Gasteiger partial charge in [-0.05, 0) is 18.1 Å². The zero-order valence-electron chi connectivity index (χ0n) is 10.1. The van der Waals surface area contributed by atoms with E-state index in [0.29, 0.717) is 16.6 Å². The molecule has 1 unspecified atom stereocenters. The van der Waals surface area contributed by atoms with E-state index in [4.69, 9.17) is 28.9 Å². The van der Waals surface area contributed by atoms with Crippen molar-refractivity contribution in [3.8, 4) is 0 Å². The monoisotopic (exact) mass is 283 g/mol. The molecular formula is C13H15Cl2N3. The van der Waals surface area contributed by atoms with Crippen molar-refractivity contribution in [3.05, 3.63) is 51.8 Å². The molecule has 1 heterocycles. The van der Waals surface area contributed by atoms with E-state index in [1.807, 2.05) is 23.0 Å². The van der Waals surface area contributed by atoms with Crippen LogP contribution < -0.4 is 5.73 Å². The first kappa shape index (κ1) is 13.4. The van der Waals surface area contributed by atoms with Crippen LogP contribution in [0.1, 0.15) is 30.5 Å². The van der Waals surface area contributed by atoms with Gasteiger partial charge in [-0.1, -0.05) is 42.3 Å². The average molecular weight is 284 g/mol. The van der Waals surface area contributed by atoms with E-state index in [0.717, 1.165) is 17.5 Å². The molecule has 0 spiro atoms. The normalized spacial score (nSPS) is 12.7. The Morgan fingerprint density at radius 1 is 1.39 bits per heavy atom. The van der Waals surface area contributed by atoms with Gasteiger partial charge in [0.2, 0.25) is 0 Å². The van der Waals surface area contributed by atoms with E-state index >= 15 is 0 Å². The van der Waals surface area contributed by atoms with Gasteiger partial charge < -0.3 is 5.73 Å². The van der Waals surface area contributed by atoms with Gasteiger partial charge in [0.05, 0.1) is 22.8 Å². The Bertz CT molecular complexity index is 537. The lowest BCUT2D eigenvalue weighted by Crippen LogP contribution is -2.07. The standard InChI is InChI=1S/C13H15Cl2N3/c1-2-12(16)10-6-17-18(8-10)7-9-4-3-5-11(14)13(9)15/h3-6,8,12H,2,7,16H2,1H3. The predicted molar refractivity (Wildman–Crippen MR) is 75.0 cm³/mol. The SMILES string of the molecule is CCC(N)c1cnn(Cc2cccc(Cl)c2Cl)c1. The highest BCUT2D eigenvalue weighted by atomic mass is 35.5. The number of benzene rings is 1. The minimum atomic E-state index is 0.0357. The largest absolute Gasteiger partial charge is 0.324 e. The van der Waals surface area contributed by atoms with Crippen LogP contribution in [0.2, 0.25) is 10.0 Å². The molecule has 0 aliphatic heterocycles. The molecule has 0 saturated carbocycles. The second kappa shape index (κ2) is 5.74. The van der Waals surface area contributed by atoms with Crippen molar-refractivity contribution in [1.82, 2.24) is 9.78 Å². The lowest BCUT2D eigenvalue weighted by Gasteiger charge is -2.06. The van der Waals surface area contributed by atoms with E-state index in [2.05, 4.69) is 12.0 Å². The molecule has 1 aromatic carbocycles. The van der Waals surface area contributed by atoms with Crippen LogP contribution in [0.4, 0.5) is 0 Å². The molecule has 1 aromatic heterocycles. The summed E-state index contributed by atoms with van der Waals surface area (Å²) in [7, 11) is 0. The van der Waals surface area contributed by atoms with Crippen molar-refractivity contribution in [2.24, 2.45) is 5.73 Å². The van der Waals surface area contributed by atoms with E-state index < -0.39 is 0 Å². The van der Waals surface area contributed by atoms with Gasteiger partial charge in [0.25, 0.3) is 0 Å². The molecule has 96 valence electrons. The van der Waals surface area contributed by atoms with Crippen LogP contribution in [0.15, 0.2) is 30.6 Å². The minimum Gasteiger partial charge on any atom is -0.324 e. The Kier molecular flexibility index (Phi) is 4.27. The van der Waals surface area contributed by atoms with Crippen molar-refractivity contribution >= 4 is 23.2 Å². The number of nitrogens with two attached hydrogens (primary N) is 1. The minimum absolute atomic E-state index is 0.0357. The Labute approximate surface area is 117 Å². The van der Waals surface area contributed by atoms with Crippen LogP contribution >= 0.6 is 23.2 Å². The summed E-state index contributed by atoms with van der Waals surface area (Å²) < 4.78 is 1.82. The van der Waals surface area contributed by atoms with Gasteiger partial charge in [-0.2, -0.15) is 5.10 Å². The molecule has 0 radical (unpaired) electrons. The van der Waals surface area contributed by atoms with Crippen LogP contribution in [0.5, 0.6) is 0 Å². The topological polar surface area (TPSA) is 43.8 Å². The van der Waals surface area contributed by atoms with Gasteiger partial charge in [0.15, 0.2) is 0 Å². The Balaban J connectivity index is 2.19. The van der Waals surface area contributed by atoms with Gasteiger partial charge in [0, 0.05) is 17.8 Å². The van der Waals surface area contributed by atoms with E-state index in [1.54, 1.807) is 12.3 Å². The molecule has 2 N–H and O–H groups in total. The fraction of sp³-hybridized carbons (Fsp3) is 0.308. The first-order valence-corrected chi connectivity index (χ1v) is 6.58. The highest BCUT2D eigenvalue weighted by molar-refractivity contribution is 6.42. The highest BCUT2D eigenvalue weighted by Gasteiger charge is 2.08. The van der Waals surface area contributed by atoms with Gasteiger partial charge in [-0.3, -0.25) is 4.68 Å². The number of rotatable bonds is 4. The van der Waals surface area contributed by atoms with Crippen LogP contribution in [-0.2, 0) is 6.54 Å². The summed E-state index contributed by atoms with van der Waals surface area (Å²) in [6.45, 7) is 2.64.